The Morgan fingerprint density at radius 1 is 1.11 bits per heavy atom. The molecule has 1 aromatic rings. The molecule has 8 nitrogen and oxygen atoms in total. The Bertz CT molecular complexity index is 889. The summed E-state index contributed by atoms with van der Waals surface area (Å²) in [6.45, 7) is 3.34. The van der Waals surface area contributed by atoms with Gasteiger partial charge in [-0.05, 0) is 43.0 Å². The van der Waals surface area contributed by atoms with Crippen molar-refractivity contribution >= 4 is 27.5 Å². The summed E-state index contributed by atoms with van der Waals surface area (Å²) in [6.07, 6.45) is 3.98. The fraction of sp³-hybridized carbons (Fsp3) is 0.579. The van der Waals surface area contributed by atoms with E-state index >= 15 is 0 Å². The number of sulfonamides is 1. The number of benzene rings is 1. The quantitative estimate of drug-likeness (QED) is 0.746. The SMILES string of the molecule is CS(=O)(=O)N1CCc2cc(C(=O)N3CCN(CC(=O)NC4CC4)CC3)ccc21. The highest BCUT2D eigenvalue weighted by atomic mass is 32.2. The number of nitrogens with one attached hydrogen (secondary N) is 1. The van der Waals surface area contributed by atoms with Gasteiger partial charge >= 0.3 is 0 Å². The minimum absolute atomic E-state index is 0.0392. The first-order valence-corrected chi connectivity index (χ1v) is 11.6. The summed E-state index contributed by atoms with van der Waals surface area (Å²) in [6, 6.07) is 5.63. The largest absolute Gasteiger partial charge is 0.352 e. The molecule has 9 heteroatoms. The molecule has 0 aromatic heterocycles. The first-order chi connectivity index (χ1) is 13.3. The molecule has 0 radical (unpaired) electrons. The average Bonchev–Trinajstić information content (AvgIpc) is 3.34. The Kier molecular flexibility index (Phi) is 5.05. The van der Waals surface area contributed by atoms with E-state index in [9.17, 15) is 18.0 Å². The number of hydrogen-bond donors (Lipinski definition) is 1. The molecule has 3 aliphatic rings. The number of hydrogen-bond acceptors (Lipinski definition) is 5. The lowest BCUT2D eigenvalue weighted by Gasteiger charge is -2.34. The molecule has 1 aromatic carbocycles. The van der Waals surface area contributed by atoms with Crippen molar-refractivity contribution in [1.29, 1.82) is 0 Å². The highest BCUT2D eigenvalue weighted by Gasteiger charge is 2.29. The topological polar surface area (TPSA) is 90.0 Å². The smallest absolute Gasteiger partial charge is 0.253 e. The molecule has 152 valence electrons. The van der Waals surface area contributed by atoms with E-state index in [4.69, 9.17) is 0 Å². The van der Waals surface area contributed by atoms with Crippen LogP contribution < -0.4 is 9.62 Å². The van der Waals surface area contributed by atoms with Crippen LogP contribution in [0.3, 0.4) is 0 Å². The van der Waals surface area contributed by atoms with Crippen LogP contribution >= 0.6 is 0 Å². The number of carbonyl (C=O) groups excluding carboxylic acids is 2. The molecule has 2 fully saturated rings. The van der Waals surface area contributed by atoms with Crippen LogP contribution in [0.4, 0.5) is 5.69 Å². The Morgan fingerprint density at radius 2 is 1.82 bits per heavy atom. The predicted molar refractivity (Wildman–Crippen MR) is 106 cm³/mol. The fourth-order valence-electron chi connectivity index (χ4n) is 3.84. The number of fused-ring (bicyclic) bond motifs is 1. The van der Waals surface area contributed by atoms with Crippen LogP contribution in [0.5, 0.6) is 0 Å². The molecule has 2 aliphatic heterocycles. The van der Waals surface area contributed by atoms with E-state index in [-0.39, 0.29) is 11.8 Å². The lowest BCUT2D eigenvalue weighted by Crippen LogP contribution is -2.51. The number of carbonyl (C=O) groups is 2. The zero-order valence-electron chi connectivity index (χ0n) is 16.1. The van der Waals surface area contributed by atoms with E-state index in [2.05, 4.69) is 10.2 Å². The second-order valence-electron chi connectivity index (χ2n) is 7.84. The molecule has 1 aliphatic carbocycles. The Morgan fingerprint density at radius 3 is 2.46 bits per heavy atom. The molecule has 2 amide bonds. The maximum Gasteiger partial charge on any atom is 0.253 e. The Labute approximate surface area is 165 Å². The molecular weight excluding hydrogens is 380 g/mol. The summed E-state index contributed by atoms with van der Waals surface area (Å²) in [5.74, 6) is 0.0269. The van der Waals surface area contributed by atoms with Gasteiger partial charge < -0.3 is 10.2 Å². The van der Waals surface area contributed by atoms with Crippen LogP contribution in [0.15, 0.2) is 18.2 Å². The van der Waals surface area contributed by atoms with E-state index in [1.165, 1.54) is 10.6 Å². The van der Waals surface area contributed by atoms with Gasteiger partial charge in [0.1, 0.15) is 0 Å². The first-order valence-electron chi connectivity index (χ1n) is 9.73. The van der Waals surface area contributed by atoms with Crippen molar-refractivity contribution in [3.8, 4) is 0 Å². The minimum atomic E-state index is -3.29. The maximum atomic E-state index is 12.9. The summed E-state index contributed by atoms with van der Waals surface area (Å²) in [5, 5.41) is 2.99. The molecule has 0 bridgehead atoms. The molecule has 1 N–H and O–H groups in total. The van der Waals surface area contributed by atoms with Gasteiger partial charge in [0.25, 0.3) is 5.91 Å². The van der Waals surface area contributed by atoms with Crippen LogP contribution in [0.2, 0.25) is 0 Å². The molecule has 1 saturated heterocycles. The number of amides is 2. The molecule has 4 rings (SSSR count). The summed E-state index contributed by atoms with van der Waals surface area (Å²) in [5.41, 5.74) is 2.16. The molecular formula is C19H26N4O4S. The van der Waals surface area contributed by atoms with E-state index < -0.39 is 10.0 Å². The molecule has 2 heterocycles. The Hall–Kier alpha value is -2.13. The molecule has 0 atom stereocenters. The van der Waals surface area contributed by atoms with Gasteiger partial charge in [0.15, 0.2) is 0 Å². The van der Waals surface area contributed by atoms with Gasteiger partial charge in [-0.3, -0.25) is 18.8 Å². The van der Waals surface area contributed by atoms with E-state index in [0.29, 0.717) is 63.0 Å². The number of anilines is 1. The normalized spacial score (nSPS) is 20.2. The van der Waals surface area contributed by atoms with Gasteiger partial charge in [0, 0.05) is 44.3 Å². The van der Waals surface area contributed by atoms with Crippen molar-refractivity contribution in [3.63, 3.8) is 0 Å². The van der Waals surface area contributed by atoms with Gasteiger partial charge in [0.2, 0.25) is 15.9 Å². The Balaban J connectivity index is 1.35. The first kappa shape index (κ1) is 19.2. The third-order valence-corrected chi connectivity index (χ3v) is 6.73. The van der Waals surface area contributed by atoms with Gasteiger partial charge in [0.05, 0.1) is 18.5 Å². The molecule has 0 unspecified atom stereocenters. The molecule has 1 saturated carbocycles. The average molecular weight is 407 g/mol. The van der Waals surface area contributed by atoms with E-state index in [1.54, 1.807) is 17.0 Å². The van der Waals surface area contributed by atoms with Crippen LogP contribution in [-0.4, -0.2) is 81.6 Å². The van der Waals surface area contributed by atoms with Crippen LogP contribution in [0, 0.1) is 0 Å². The van der Waals surface area contributed by atoms with Crippen molar-refractivity contribution in [3.05, 3.63) is 29.3 Å². The standard InChI is InChI=1S/C19H26N4O4S/c1-28(26,27)23-7-6-14-12-15(2-5-17(14)23)19(25)22-10-8-21(9-11-22)13-18(24)20-16-3-4-16/h2,5,12,16H,3-4,6-11,13H2,1H3,(H,20,24). The van der Waals surface area contributed by atoms with Crippen LogP contribution in [0.1, 0.15) is 28.8 Å². The van der Waals surface area contributed by atoms with Gasteiger partial charge in [-0.2, -0.15) is 0 Å². The minimum Gasteiger partial charge on any atom is -0.352 e. The van der Waals surface area contributed by atoms with E-state index in [0.717, 1.165) is 18.4 Å². The summed E-state index contributed by atoms with van der Waals surface area (Å²) in [4.78, 5) is 28.7. The number of rotatable bonds is 5. The fourth-order valence-corrected chi connectivity index (χ4v) is 4.80. The van der Waals surface area contributed by atoms with Crippen LogP contribution in [-0.2, 0) is 21.2 Å². The third kappa shape index (κ3) is 4.15. The zero-order valence-corrected chi connectivity index (χ0v) is 16.9. The number of nitrogens with zero attached hydrogens (tertiary/aromatic N) is 3. The highest BCUT2D eigenvalue weighted by Crippen LogP contribution is 2.31. The molecule has 28 heavy (non-hydrogen) atoms. The zero-order chi connectivity index (χ0) is 19.9. The number of piperazine rings is 1. The highest BCUT2D eigenvalue weighted by molar-refractivity contribution is 7.92. The summed E-state index contributed by atoms with van der Waals surface area (Å²) in [7, 11) is -3.29. The van der Waals surface area contributed by atoms with Gasteiger partial charge in [-0.1, -0.05) is 0 Å². The van der Waals surface area contributed by atoms with Crippen molar-refractivity contribution in [2.24, 2.45) is 0 Å². The van der Waals surface area contributed by atoms with Crippen molar-refractivity contribution in [2.75, 3.05) is 49.8 Å². The lowest BCUT2D eigenvalue weighted by atomic mass is 10.1. The van der Waals surface area contributed by atoms with Crippen molar-refractivity contribution in [2.45, 2.75) is 25.3 Å². The summed E-state index contributed by atoms with van der Waals surface area (Å²) < 4.78 is 25.1. The van der Waals surface area contributed by atoms with Gasteiger partial charge in [-0.25, -0.2) is 8.42 Å². The predicted octanol–water partition coefficient (Wildman–Crippen LogP) is 0.0451. The van der Waals surface area contributed by atoms with E-state index in [1.807, 2.05) is 6.07 Å². The second-order valence-corrected chi connectivity index (χ2v) is 9.75. The van der Waals surface area contributed by atoms with Crippen molar-refractivity contribution < 1.29 is 18.0 Å². The lowest BCUT2D eigenvalue weighted by molar-refractivity contribution is -0.122. The third-order valence-electron chi connectivity index (χ3n) is 5.55. The van der Waals surface area contributed by atoms with Crippen molar-refractivity contribution in [1.82, 2.24) is 15.1 Å². The van der Waals surface area contributed by atoms with Crippen LogP contribution in [0.25, 0.3) is 0 Å². The monoisotopic (exact) mass is 406 g/mol. The molecule has 0 spiro atoms. The maximum absolute atomic E-state index is 12.9. The summed E-state index contributed by atoms with van der Waals surface area (Å²) >= 11 is 0. The van der Waals surface area contributed by atoms with Gasteiger partial charge in [-0.15, -0.1) is 0 Å². The second kappa shape index (κ2) is 7.36.